The Balaban J connectivity index is 2.31. The van der Waals surface area contributed by atoms with Crippen molar-refractivity contribution in [3.8, 4) is 5.75 Å². The Labute approximate surface area is 135 Å². The number of aliphatic imine (C=N–C) groups is 1. The lowest BCUT2D eigenvalue weighted by molar-refractivity contribution is -0.114. The Morgan fingerprint density at radius 2 is 2.00 bits per heavy atom. The summed E-state index contributed by atoms with van der Waals surface area (Å²) < 4.78 is 14.1. The summed E-state index contributed by atoms with van der Waals surface area (Å²) in [7, 11) is 0. The van der Waals surface area contributed by atoms with E-state index >= 15 is 0 Å². The second-order valence-corrected chi connectivity index (χ2v) is 5.45. The minimum atomic E-state index is -0.590. The Morgan fingerprint density at radius 3 is 2.77 bits per heavy atom. The second kappa shape index (κ2) is 5.59. The molecule has 0 saturated heterocycles. The van der Waals surface area contributed by atoms with E-state index in [0.29, 0.717) is 11.3 Å². The number of phenolic OH excluding ortho intramolecular Hbond substituents is 1. The van der Waals surface area contributed by atoms with Gasteiger partial charge in [-0.25, -0.2) is 4.39 Å². The molecule has 1 amide bonds. The molecular formula is C15H9Cl2FN2O2. The normalized spacial score (nSPS) is 14.0. The number of amides is 1. The van der Waals surface area contributed by atoms with Crippen molar-refractivity contribution in [2.24, 2.45) is 4.99 Å². The molecule has 2 aromatic carbocycles. The van der Waals surface area contributed by atoms with Crippen LogP contribution in [0.4, 0.5) is 10.1 Å². The molecule has 1 aliphatic rings. The number of nitrogens with zero attached hydrogens (tertiary/aromatic N) is 1. The van der Waals surface area contributed by atoms with E-state index in [1.165, 1.54) is 18.2 Å². The van der Waals surface area contributed by atoms with E-state index in [1.807, 2.05) is 0 Å². The van der Waals surface area contributed by atoms with Gasteiger partial charge >= 0.3 is 0 Å². The number of nitrogens with one attached hydrogen (secondary N) is 1. The van der Waals surface area contributed by atoms with Crippen LogP contribution in [0, 0.1) is 5.82 Å². The third-order valence-electron chi connectivity index (χ3n) is 3.19. The summed E-state index contributed by atoms with van der Waals surface area (Å²) in [5, 5.41) is 12.7. The third kappa shape index (κ3) is 2.53. The van der Waals surface area contributed by atoms with Crippen LogP contribution in [0.15, 0.2) is 35.3 Å². The number of hydrogen-bond acceptors (Lipinski definition) is 3. The molecule has 0 fully saturated rings. The van der Waals surface area contributed by atoms with Crippen molar-refractivity contribution >= 4 is 40.5 Å². The summed E-state index contributed by atoms with van der Waals surface area (Å²) in [5.41, 5.74) is 0.916. The number of carbonyl (C=O) groups is 1. The first-order chi connectivity index (χ1) is 10.5. The largest absolute Gasteiger partial charge is 0.508 e. The molecule has 0 unspecified atom stereocenters. The smallest absolute Gasteiger partial charge is 0.246 e. The summed E-state index contributed by atoms with van der Waals surface area (Å²) in [6.07, 6.45) is 0. The summed E-state index contributed by atoms with van der Waals surface area (Å²) in [6.45, 7) is -0.187. The molecule has 1 aliphatic heterocycles. The third-order valence-corrected chi connectivity index (χ3v) is 4.00. The number of phenols is 1. The molecule has 0 spiro atoms. The number of benzene rings is 2. The van der Waals surface area contributed by atoms with E-state index < -0.39 is 5.82 Å². The fourth-order valence-electron chi connectivity index (χ4n) is 2.22. The molecule has 0 aromatic heterocycles. The van der Waals surface area contributed by atoms with Crippen LogP contribution in [0.1, 0.15) is 11.1 Å². The number of anilines is 1. The quantitative estimate of drug-likeness (QED) is 0.833. The molecule has 22 heavy (non-hydrogen) atoms. The molecule has 2 aromatic rings. The van der Waals surface area contributed by atoms with E-state index in [0.717, 1.165) is 6.07 Å². The highest BCUT2D eigenvalue weighted by atomic mass is 35.5. The van der Waals surface area contributed by atoms with E-state index in [-0.39, 0.29) is 39.5 Å². The van der Waals surface area contributed by atoms with Gasteiger partial charge in [-0.2, -0.15) is 0 Å². The van der Waals surface area contributed by atoms with Crippen molar-refractivity contribution in [1.29, 1.82) is 0 Å². The van der Waals surface area contributed by atoms with Gasteiger partial charge < -0.3 is 10.4 Å². The number of carbonyl (C=O) groups excluding carboxylic acids is 1. The highest BCUT2D eigenvalue weighted by Crippen LogP contribution is 2.35. The Kier molecular flexibility index (Phi) is 3.76. The maximum atomic E-state index is 14.1. The predicted molar refractivity (Wildman–Crippen MR) is 83.7 cm³/mol. The first-order valence-corrected chi connectivity index (χ1v) is 7.04. The molecule has 0 radical (unpaired) electrons. The lowest BCUT2D eigenvalue weighted by atomic mass is 9.99. The molecule has 2 N–H and O–H groups in total. The number of aromatic hydroxyl groups is 1. The highest BCUT2D eigenvalue weighted by molar-refractivity contribution is 6.45. The summed E-state index contributed by atoms with van der Waals surface area (Å²) in [6, 6.07) is 6.67. The van der Waals surface area contributed by atoms with Gasteiger partial charge in [-0.1, -0.05) is 23.2 Å². The molecule has 7 heteroatoms. The minimum Gasteiger partial charge on any atom is -0.508 e. The van der Waals surface area contributed by atoms with Crippen LogP contribution in [0.5, 0.6) is 5.75 Å². The zero-order valence-corrected chi connectivity index (χ0v) is 12.5. The molecular weight excluding hydrogens is 330 g/mol. The highest BCUT2D eigenvalue weighted by Gasteiger charge is 2.24. The van der Waals surface area contributed by atoms with Gasteiger partial charge in [0.15, 0.2) is 0 Å². The Bertz CT molecular complexity index is 821. The Hall–Kier alpha value is -2.11. The lowest BCUT2D eigenvalue weighted by Crippen LogP contribution is -2.13. The van der Waals surface area contributed by atoms with Crippen molar-refractivity contribution < 1.29 is 14.3 Å². The first-order valence-electron chi connectivity index (χ1n) is 6.29. The summed E-state index contributed by atoms with van der Waals surface area (Å²) >= 11 is 12.2. The molecule has 0 saturated carbocycles. The van der Waals surface area contributed by atoms with Crippen molar-refractivity contribution in [2.75, 3.05) is 11.9 Å². The number of halogens is 3. The second-order valence-electron chi connectivity index (χ2n) is 4.66. The van der Waals surface area contributed by atoms with Gasteiger partial charge in [0.25, 0.3) is 0 Å². The van der Waals surface area contributed by atoms with E-state index in [1.54, 1.807) is 6.07 Å². The average Bonchev–Trinajstić information content (AvgIpc) is 2.65. The zero-order chi connectivity index (χ0) is 15.9. The first kappa shape index (κ1) is 14.8. The van der Waals surface area contributed by atoms with Gasteiger partial charge in [-0.15, -0.1) is 0 Å². The standard InChI is InChI=1S/C15H9Cl2FN2O2/c16-9-2-4-11-13(14(9)17)15(19-6-12(22)20-11)8-5-7(21)1-3-10(8)18/h1-5,21H,6H2,(H,20,22). The maximum absolute atomic E-state index is 14.1. The number of benzodiazepines with no additional fused rings is 1. The van der Waals surface area contributed by atoms with Crippen molar-refractivity contribution in [3.05, 3.63) is 57.3 Å². The maximum Gasteiger partial charge on any atom is 0.246 e. The van der Waals surface area contributed by atoms with E-state index in [4.69, 9.17) is 23.2 Å². The average molecular weight is 339 g/mol. The van der Waals surface area contributed by atoms with Crippen molar-refractivity contribution in [2.45, 2.75) is 0 Å². The monoisotopic (exact) mass is 338 g/mol. The van der Waals surface area contributed by atoms with Crippen LogP contribution < -0.4 is 5.32 Å². The van der Waals surface area contributed by atoms with E-state index in [2.05, 4.69) is 10.3 Å². The van der Waals surface area contributed by atoms with Crippen LogP contribution in [-0.2, 0) is 4.79 Å². The molecule has 1 heterocycles. The molecule has 112 valence electrons. The Morgan fingerprint density at radius 1 is 1.23 bits per heavy atom. The summed E-state index contributed by atoms with van der Waals surface area (Å²) in [4.78, 5) is 15.9. The molecule has 0 atom stereocenters. The van der Waals surface area contributed by atoms with Gasteiger partial charge in [0, 0.05) is 11.1 Å². The SMILES string of the molecule is O=C1CN=C(c2cc(O)ccc2F)c2c(ccc(Cl)c2Cl)N1. The van der Waals surface area contributed by atoms with Gasteiger partial charge in [0.05, 0.1) is 21.4 Å². The molecule has 0 bridgehead atoms. The fraction of sp³-hybridized carbons (Fsp3) is 0.0667. The molecule has 0 aliphatic carbocycles. The van der Waals surface area contributed by atoms with Crippen LogP contribution in [0.3, 0.4) is 0 Å². The topological polar surface area (TPSA) is 61.7 Å². The predicted octanol–water partition coefficient (Wildman–Crippen LogP) is 3.63. The number of rotatable bonds is 1. The number of fused-ring (bicyclic) bond motifs is 1. The van der Waals surface area contributed by atoms with Gasteiger partial charge in [-0.3, -0.25) is 9.79 Å². The van der Waals surface area contributed by atoms with Gasteiger partial charge in [0.1, 0.15) is 18.1 Å². The summed E-state index contributed by atoms with van der Waals surface area (Å²) in [5.74, 6) is -1.06. The van der Waals surface area contributed by atoms with Crippen molar-refractivity contribution in [3.63, 3.8) is 0 Å². The van der Waals surface area contributed by atoms with Crippen molar-refractivity contribution in [1.82, 2.24) is 0 Å². The van der Waals surface area contributed by atoms with Gasteiger partial charge in [0.2, 0.25) is 5.91 Å². The molecule has 4 nitrogen and oxygen atoms in total. The lowest BCUT2D eigenvalue weighted by Gasteiger charge is -2.13. The van der Waals surface area contributed by atoms with Crippen LogP contribution in [0.2, 0.25) is 10.0 Å². The van der Waals surface area contributed by atoms with Crippen LogP contribution in [-0.4, -0.2) is 23.3 Å². The van der Waals surface area contributed by atoms with Gasteiger partial charge in [-0.05, 0) is 30.3 Å². The fourth-order valence-corrected chi connectivity index (χ4v) is 2.63. The van der Waals surface area contributed by atoms with E-state index in [9.17, 15) is 14.3 Å². The van der Waals surface area contributed by atoms with Crippen LogP contribution >= 0.6 is 23.2 Å². The molecule has 3 rings (SSSR count). The minimum absolute atomic E-state index is 0.0434. The number of hydrogen-bond donors (Lipinski definition) is 2. The van der Waals surface area contributed by atoms with Crippen LogP contribution in [0.25, 0.3) is 0 Å². The zero-order valence-electron chi connectivity index (χ0n) is 11.0.